The quantitative estimate of drug-likeness (QED) is 0.533. The maximum absolute atomic E-state index is 13.3. The molecule has 0 saturated heterocycles. The highest BCUT2D eigenvalue weighted by Crippen LogP contribution is 2.29. The Morgan fingerprint density at radius 2 is 1.80 bits per heavy atom. The standard InChI is InChI=1S/C23H21FN4O2/c1-13-5-10-20(30-4)19(11-13)26-23(29)18-12-14(2)25-22-21(18)15(3)27-28(22)17-8-6-16(24)7-9-17/h5-12H,1-4H3,(H,26,29). The van der Waals surface area contributed by atoms with Gasteiger partial charge < -0.3 is 10.1 Å². The van der Waals surface area contributed by atoms with Gasteiger partial charge in [0, 0.05) is 5.69 Å². The fourth-order valence-electron chi connectivity index (χ4n) is 3.46. The fraction of sp³-hybridized carbons (Fsp3) is 0.174. The number of nitrogens with zero attached hydrogens (tertiary/aromatic N) is 3. The van der Waals surface area contributed by atoms with Crippen molar-refractivity contribution in [2.45, 2.75) is 20.8 Å². The van der Waals surface area contributed by atoms with Crippen LogP contribution in [-0.4, -0.2) is 27.8 Å². The Balaban J connectivity index is 1.83. The fourth-order valence-corrected chi connectivity index (χ4v) is 3.46. The van der Waals surface area contributed by atoms with Crippen LogP contribution in [-0.2, 0) is 0 Å². The van der Waals surface area contributed by atoms with Crippen LogP contribution < -0.4 is 10.1 Å². The highest BCUT2D eigenvalue weighted by molar-refractivity contribution is 6.13. The zero-order valence-electron chi connectivity index (χ0n) is 17.2. The van der Waals surface area contributed by atoms with Crippen LogP contribution in [0.2, 0.25) is 0 Å². The Hall–Kier alpha value is -3.74. The summed E-state index contributed by atoms with van der Waals surface area (Å²) in [5, 5.41) is 8.15. The molecule has 4 rings (SSSR count). The van der Waals surface area contributed by atoms with Crippen molar-refractivity contribution in [3.63, 3.8) is 0 Å². The first-order chi connectivity index (χ1) is 14.4. The number of rotatable bonds is 4. The molecule has 152 valence electrons. The van der Waals surface area contributed by atoms with Gasteiger partial charge in [-0.15, -0.1) is 0 Å². The third-order valence-corrected chi connectivity index (χ3v) is 4.86. The van der Waals surface area contributed by atoms with E-state index >= 15 is 0 Å². The molecule has 0 radical (unpaired) electrons. The van der Waals surface area contributed by atoms with Crippen LogP contribution in [0.15, 0.2) is 48.5 Å². The zero-order chi connectivity index (χ0) is 21.4. The lowest BCUT2D eigenvalue weighted by Crippen LogP contribution is -2.14. The van der Waals surface area contributed by atoms with E-state index in [0.717, 1.165) is 5.56 Å². The first kappa shape index (κ1) is 19.6. The first-order valence-corrected chi connectivity index (χ1v) is 9.46. The number of carbonyl (C=O) groups excluding carboxylic acids is 1. The van der Waals surface area contributed by atoms with Crippen molar-refractivity contribution in [1.82, 2.24) is 14.8 Å². The first-order valence-electron chi connectivity index (χ1n) is 9.46. The number of hydrogen-bond donors (Lipinski definition) is 1. The molecule has 0 fully saturated rings. The lowest BCUT2D eigenvalue weighted by atomic mass is 10.1. The van der Waals surface area contributed by atoms with E-state index in [9.17, 15) is 9.18 Å². The summed E-state index contributed by atoms with van der Waals surface area (Å²) >= 11 is 0. The number of pyridine rings is 1. The average molecular weight is 404 g/mol. The van der Waals surface area contributed by atoms with Crippen molar-refractivity contribution in [2.24, 2.45) is 0 Å². The predicted molar refractivity (Wildman–Crippen MR) is 114 cm³/mol. The molecule has 0 unspecified atom stereocenters. The smallest absolute Gasteiger partial charge is 0.256 e. The van der Waals surface area contributed by atoms with Crippen LogP contribution in [0, 0.1) is 26.6 Å². The second kappa shape index (κ2) is 7.59. The molecule has 2 aromatic carbocycles. The maximum Gasteiger partial charge on any atom is 0.256 e. The van der Waals surface area contributed by atoms with Gasteiger partial charge in [0.1, 0.15) is 11.6 Å². The lowest BCUT2D eigenvalue weighted by molar-refractivity contribution is 0.102. The third-order valence-electron chi connectivity index (χ3n) is 4.86. The van der Waals surface area contributed by atoms with Crippen LogP contribution >= 0.6 is 0 Å². The van der Waals surface area contributed by atoms with E-state index in [-0.39, 0.29) is 11.7 Å². The number of halogens is 1. The summed E-state index contributed by atoms with van der Waals surface area (Å²) in [4.78, 5) is 17.8. The minimum absolute atomic E-state index is 0.281. The molecule has 6 nitrogen and oxygen atoms in total. The van der Waals surface area contributed by atoms with Gasteiger partial charge in [0.05, 0.1) is 35.1 Å². The summed E-state index contributed by atoms with van der Waals surface area (Å²) in [5.41, 5.74) is 4.60. The van der Waals surface area contributed by atoms with Gasteiger partial charge in [-0.05, 0) is 68.8 Å². The molecule has 0 bridgehead atoms. The largest absolute Gasteiger partial charge is 0.495 e. The number of aryl methyl sites for hydroxylation is 3. The number of benzene rings is 2. The molecular weight excluding hydrogens is 383 g/mol. The summed E-state index contributed by atoms with van der Waals surface area (Å²) in [6.07, 6.45) is 0. The number of ether oxygens (including phenoxy) is 1. The number of amides is 1. The molecule has 0 spiro atoms. The Morgan fingerprint density at radius 3 is 2.50 bits per heavy atom. The van der Waals surface area contributed by atoms with Gasteiger partial charge in [-0.3, -0.25) is 4.79 Å². The van der Waals surface area contributed by atoms with E-state index in [0.29, 0.717) is 45.1 Å². The highest BCUT2D eigenvalue weighted by Gasteiger charge is 2.20. The molecule has 30 heavy (non-hydrogen) atoms. The van der Waals surface area contributed by atoms with Crippen molar-refractivity contribution >= 4 is 22.6 Å². The van der Waals surface area contributed by atoms with Gasteiger partial charge in [0.25, 0.3) is 5.91 Å². The maximum atomic E-state index is 13.3. The number of carbonyl (C=O) groups is 1. The SMILES string of the molecule is COc1ccc(C)cc1NC(=O)c1cc(C)nc2c1c(C)nn2-c1ccc(F)cc1. The Labute approximate surface area is 173 Å². The minimum Gasteiger partial charge on any atom is -0.495 e. The Kier molecular flexibility index (Phi) is 4.95. The minimum atomic E-state index is -0.330. The van der Waals surface area contributed by atoms with Crippen molar-refractivity contribution in [3.8, 4) is 11.4 Å². The van der Waals surface area contributed by atoms with Crippen molar-refractivity contribution < 1.29 is 13.9 Å². The topological polar surface area (TPSA) is 69.0 Å². The lowest BCUT2D eigenvalue weighted by Gasteiger charge is -2.12. The summed E-state index contributed by atoms with van der Waals surface area (Å²) in [6, 6.07) is 13.3. The van der Waals surface area contributed by atoms with E-state index < -0.39 is 0 Å². The molecule has 0 saturated carbocycles. The van der Waals surface area contributed by atoms with E-state index in [1.165, 1.54) is 12.1 Å². The van der Waals surface area contributed by atoms with Crippen LogP contribution in [0.25, 0.3) is 16.7 Å². The van der Waals surface area contributed by atoms with Crippen LogP contribution in [0.4, 0.5) is 10.1 Å². The molecule has 0 atom stereocenters. The van der Waals surface area contributed by atoms with E-state index in [1.54, 1.807) is 30.0 Å². The molecule has 2 heterocycles. The second-order valence-corrected chi connectivity index (χ2v) is 7.14. The normalized spacial score (nSPS) is 11.0. The predicted octanol–water partition coefficient (Wildman–Crippen LogP) is 4.75. The number of aromatic nitrogens is 3. The molecule has 1 N–H and O–H groups in total. The van der Waals surface area contributed by atoms with E-state index in [1.807, 2.05) is 39.0 Å². The molecule has 7 heteroatoms. The van der Waals surface area contributed by atoms with Crippen molar-refractivity contribution in [3.05, 3.63) is 76.9 Å². The Bertz CT molecular complexity index is 1260. The van der Waals surface area contributed by atoms with Crippen LogP contribution in [0.1, 0.15) is 27.3 Å². The van der Waals surface area contributed by atoms with E-state index in [4.69, 9.17) is 4.74 Å². The molecule has 2 aromatic heterocycles. The van der Waals surface area contributed by atoms with Gasteiger partial charge in [-0.1, -0.05) is 6.07 Å². The molecule has 4 aromatic rings. The third kappa shape index (κ3) is 3.50. The van der Waals surface area contributed by atoms with Gasteiger partial charge in [0.2, 0.25) is 0 Å². The summed E-state index contributed by atoms with van der Waals surface area (Å²) in [6.45, 7) is 5.59. The van der Waals surface area contributed by atoms with Gasteiger partial charge in [-0.2, -0.15) is 5.10 Å². The number of hydrogen-bond acceptors (Lipinski definition) is 4. The number of fused-ring (bicyclic) bond motifs is 1. The van der Waals surface area contributed by atoms with Crippen molar-refractivity contribution in [2.75, 3.05) is 12.4 Å². The van der Waals surface area contributed by atoms with Crippen LogP contribution in [0.5, 0.6) is 5.75 Å². The molecule has 1 amide bonds. The summed E-state index contributed by atoms with van der Waals surface area (Å²) in [5.74, 6) is -0.0332. The average Bonchev–Trinajstić information content (AvgIpc) is 3.04. The van der Waals surface area contributed by atoms with E-state index in [2.05, 4.69) is 15.4 Å². The number of anilines is 1. The zero-order valence-corrected chi connectivity index (χ0v) is 17.2. The monoisotopic (exact) mass is 404 g/mol. The summed E-state index contributed by atoms with van der Waals surface area (Å²) in [7, 11) is 1.56. The highest BCUT2D eigenvalue weighted by atomic mass is 19.1. The van der Waals surface area contributed by atoms with Gasteiger partial charge in [-0.25, -0.2) is 14.1 Å². The second-order valence-electron chi connectivity index (χ2n) is 7.14. The molecule has 0 aliphatic carbocycles. The molecule has 0 aliphatic rings. The number of methoxy groups -OCH3 is 1. The van der Waals surface area contributed by atoms with Crippen LogP contribution in [0.3, 0.4) is 0 Å². The van der Waals surface area contributed by atoms with Crippen molar-refractivity contribution in [1.29, 1.82) is 0 Å². The number of nitrogens with one attached hydrogen (secondary N) is 1. The molecular formula is C23H21FN4O2. The van der Waals surface area contributed by atoms with Gasteiger partial charge >= 0.3 is 0 Å². The molecule has 0 aliphatic heterocycles. The van der Waals surface area contributed by atoms with Gasteiger partial charge in [0.15, 0.2) is 5.65 Å². The Morgan fingerprint density at radius 1 is 1.07 bits per heavy atom. The summed E-state index contributed by atoms with van der Waals surface area (Å²) < 4.78 is 20.3.